The second-order valence-corrected chi connectivity index (χ2v) is 4.74. The van der Waals surface area contributed by atoms with Gasteiger partial charge in [0, 0.05) is 24.6 Å². The average Bonchev–Trinajstić information content (AvgIpc) is 2.25. The summed E-state index contributed by atoms with van der Waals surface area (Å²) >= 11 is 5.74. The molecule has 1 aromatic rings. The van der Waals surface area contributed by atoms with E-state index < -0.39 is 23.1 Å². The summed E-state index contributed by atoms with van der Waals surface area (Å²) in [5.74, 6) is -1.78. The zero-order valence-electron chi connectivity index (χ0n) is 9.93. The van der Waals surface area contributed by atoms with Gasteiger partial charge in [-0.1, -0.05) is 0 Å². The molecule has 0 aliphatic carbocycles. The smallest absolute Gasteiger partial charge is 0.254 e. The van der Waals surface area contributed by atoms with Gasteiger partial charge in [-0.2, -0.15) is 0 Å². The fraction of sp³-hybridized carbons (Fsp3) is 0.417. The van der Waals surface area contributed by atoms with Gasteiger partial charge in [-0.15, -0.1) is 11.6 Å². The van der Waals surface area contributed by atoms with E-state index in [-0.39, 0.29) is 11.4 Å². The van der Waals surface area contributed by atoms with E-state index in [2.05, 4.69) is 0 Å². The van der Waals surface area contributed by atoms with Gasteiger partial charge in [0.15, 0.2) is 0 Å². The van der Waals surface area contributed by atoms with E-state index >= 15 is 0 Å². The van der Waals surface area contributed by atoms with Crippen LogP contribution in [0.3, 0.4) is 0 Å². The van der Waals surface area contributed by atoms with Crippen molar-refractivity contribution in [1.82, 2.24) is 4.90 Å². The Balaban J connectivity index is 3.04. The fourth-order valence-electron chi connectivity index (χ4n) is 1.24. The number of halogens is 3. The lowest BCUT2D eigenvalue weighted by atomic mass is 10.0. The lowest BCUT2D eigenvalue weighted by Gasteiger charge is -2.33. The summed E-state index contributed by atoms with van der Waals surface area (Å²) in [7, 11) is 1.55. The number of carbonyl (C=O) groups is 1. The van der Waals surface area contributed by atoms with Gasteiger partial charge in [-0.3, -0.25) is 4.79 Å². The molecule has 0 saturated heterocycles. The van der Waals surface area contributed by atoms with E-state index in [0.29, 0.717) is 0 Å². The van der Waals surface area contributed by atoms with Crippen molar-refractivity contribution in [2.75, 3.05) is 12.9 Å². The maximum Gasteiger partial charge on any atom is 0.254 e. The van der Waals surface area contributed by atoms with Crippen LogP contribution < -0.4 is 0 Å². The summed E-state index contributed by atoms with van der Waals surface area (Å²) in [5, 5.41) is 0. The van der Waals surface area contributed by atoms with E-state index in [9.17, 15) is 13.6 Å². The lowest BCUT2D eigenvalue weighted by molar-refractivity contribution is 0.0659. The van der Waals surface area contributed by atoms with Crippen LogP contribution >= 0.6 is 11.6 Å². The van der Waals surface area contributed by atoms with Crippen LogP contribution in [-0.4, -0.2) is 29.3 Å². The first-order chi connectivity index (χ1) is 7.77. The van der Waals surface area contributed by atoms with E-state index in [1.165, 1.54) is 4.90 Å². The minimum atomic E-state index is -0.773. The fourth-order valence-corrected chi connectivity index (χ4v) is 1.41. The highest BCUT2D eigenvalue weighted by atomic mass is 35.5. The quantitative estimate of drug-likeness (QED) is 0.766. The van der Waals surface area contributed by atoms with Crippen molar-refractivity contribution in [2.45, 2.75) is 19.4 Å². The van der Waals surface area contributed by atoms with Crippen LogP contribution in [0.1, 0.15) is 24.2 Å². The maximum absolute atomic E-state index is 13.0. The predicted molar refractivity (Wildman–Crippen MR) is 63.3 cm³/mol. The second-order valence-electron chi connectivity index (χ2n) is 4.47. The molecule has 1 amide bonds. The highest BCUT2D eigenvalue weighted by Crippen LogP contribution is 2.18. The molecular formula is C12H14ClF2NO. The number of hydrogen-bond acceptors (Lipinski definition) is 1. The van der Waals surface area contributed by atoms with Gasteiger partial charge in [0.2, 0.25) is 0 Å². The van der Waals surface area contributed by atoms with Crippen molar-refractivity contribution in [2.24, 2.45) is 0 Å². The summed E-state index contributed by atoms with van der Waals surface area (Å²) in [6.45, 7) is 3.54. The van der Waals surface area contributed by atoms with Crippen molar-refractivity contribution in [3.8, 4) is 0 Å². The van der Waals surface area contributed by atoms with Gasteiger partial charge in [-0.05, 0) is 26.0 Å². The number of amides is 1. The minimum absolute atomic E-state index is 0.0248. The molecule has 0 aliphatic heterocycles. The molecule has 0 saturated carbocycles. The highest BCUT2D eigenvalue weighted by molar-refractivity contribution is 6.18. The molecule has 0 aliphatic rings. The Morgan fingerprint density at radius 2 is 1.76 bits per heavy atom. The van der Waals surface area contributed by atoms with Crippen LogP contribution in [0.15, 0.2) is 18.2 Å². The maximum atomic E-state index is 13.0. The Hall–Kier alpha value is -1.16. The number of hydrogen-bond donors (Lipinski definition) is 0. The molecule has 1 rings (SSSR count). The third kappa shape index (κ3) is 3.16. The molecule has 0 unspecified atom stereocenters. The molecule has 2 nitrogen and oxygen atoms in total. The van der Waals surface area contributed by atoms with Crippen LogP contribution in [0.25, 0.3) is 0 Å². The summed E-state index contributed by atoms with van der Waals surface area (Å²) in [6, 6.07) is 2.74. The van der Waals surface area contributed by atoms with E-state index in [0.717, 1.165) is 18.2 Å². The first-order valence-electron chi connectivity index (χ1n) is 5.08. The molecule has 1 aromatic carbocycles. The number of nitrogens with zero attached hydrogens (tertiary/aromatic N) is 1. The minimum Gasteiger partial charge on any atom is -0.335 e. The Kier molecular flexibility index (Phi) is 4.09. The first kappa shape index (κ1) is 13.9. The number of benzene rings is 1. The van der Waals surface area contributed by atoms with Crippen molar-refractivity contribution in [1.29, 1.82) is 0 Å². The average molecular weight is 262 g/mol. The molecule has 5 heteroatoms. The third-order valence-electron chi connectivity index (χ3n) is 2.65. The molecule has 0 radical (unpaired) electrons. The first-order valence-corrected chi connectivity index (χ1v) is 5.61. The monoisotopic (exact) mass is 261 g/mol. The van der Waals surface area contributed by atoms with Crippen LogP contribution in [0.4, 0.5) is 8.78 Å². The highest BCUT2D eigenvalue weighted by Gasteiger charge is 2.27. The zero-order chi connectivity index (χ0) is 13.2. The SMILES string of the molecule is CN(C(=O)c1cc(F)cc(F)c1)C(C)(C)CCl. The van der Waals surface area contributed by atoms with Gasteiger partial charge in [0.25, 0.3) is 5.91 Å². The number of carbonyl (C=O) groups excluding carboxylic acids is 1. The topological polar surface area (TPSA) is 20.3 Å². The molecule has 17 heavy (non-hydrogen) atoms. The van der Waals surface area contributed by atoms with Gasteiger partial charge in [-0.25, -0.2) is 8.78 Å². The molecule has 0 fully saturated rings. The Morgan fingerprint density at radius 1 is 1.29 bits per heavy atom. The Labute approximate surface area is 104 Å². The summed E-state index contributed by atoms with van der Waals surface area (Å²) in [5.41, 5.74) is -0.607. The summed E-state index contributed by atoms with van der Waals surface area (Å²) in [4.78, 5) is 13.4. The molecule has 0 spiro atoms. The largest absolute Gasteiger partial charge is 0.335 e. The van der Waals surface area contributed by atoms with Crippen LogP contribution in [-0.2, 0) is 0 Å². The third-order valence-corrected chi connectivity index (χ3v) is 3.30. The number of rotatable bonds is 3. The van der Waals surface area contributed by atoms with E-state index in [4.69, 9.17) is 11.6 Å². The normalized spacial score (nSPS) is 11.4. The molecular weight excluding hydrogens is 248 g/mol. The lowest BCUT2D eigenvalue weighted by Crippen LogP contribution is -2.46. The van der Waals surface area contributed by atoms with Crippen molar-refractivity contribution >= 4 is 17.5 Å². The van der Waals surface area contributed by atoms with Crippen LogP contribution in [0.5, 0.6) is 0 Å². The molecule has 0 aromatic heterocycles. The van der Waals surface area contributed by atoms with Gasteiger partial charge in [0.05, 0.1) is 5.54 Å². The molecule has 0 bridgehead atoms. The summed E-state index contributed by atoms with van der Waals surface area (Å²) < 4.78 is 26.0. The zero-order valence-corrected chi connectivity index (χ0v) is 10.7. The van der Waals surface area contributed by atoms with Crippen molar-refractivity contribution in [3.05, 3.63) is 35.4 Å². The Bertz CT molecular complexity index is 414. The second kappa shape index (κ2) is 5.00. The molecule has 0 heterocycles. The van der Waals surface area contributed by atoms with Gasteiger partial charge >= 0.3 is 0 Å². The van der Waals surface area contributed by atoms with Gasteiger partial charge < -0.3 is 4.90 Å². The van der Waals surface area contributed by atoms with E-state index in [1.807, 2.05) is 0 Å². The molecule has 94 valence electrons. The van der Waals surface area contributed by atoms with Crippen molar-refractivity contribution < 1.29 is 13.6 Å². The summed E-state index contributed by atoms with van der Waals surface area (Å²) in [6.07, 6.45) is 0. The van der Waals surface area contributed by atoms with Gasteiger partial charge in [0.1, 0.15) is 11.6 Å². The van der Waals surface area contributed by atoms with E-state index in [1.54, 1.807) is 20.9 Å². The predicted octanol–water partition coefficient (Wildman–Crippen LogP) is 3.05. The van der Waals surface area contributed by atoms with Crippen LogP contribution in [0.2, 0.25) is 0 Å². The van der Waals surface area contributed by atoms with Crippen LogP contribution in [0, 0.1) is 11.6 Å². The molecule has 0 N–H and O–H groups in total. The number of alkyl halides is 1. The van der Waals surface area contributed by atoms with Crippen molar-refractivity contribution in [3.63, 3.8) is 0 Å². The molecule has 0 atom stereocenters. The standard InChI is InChI=1S/C12H14ClF2NO/c1-12(2,7-13)16(3)11(17)8-4-9(14)6-10(15)5-8/h4-6H,7H2,1-3H3. The Morgan fingerprint density at radius 3 is 2.18 bits per heavy atom.